The fourth-order valence-electron chi connectivity index (χ4n) is 3.20. The van der Waals surface area contributed by atoms with E-state index in [-0.39, 0.29) is 5.69 Å². The molecule has 36 heavy (non-hydrogen) atoms. The summed E-state index contributed by atoms with van der Waals surface area (Å²) in [6, 6.07) is 16.0. The second-order valence-electron chi connectivity index (χ2n) is 7.35. The lowest BCUT2D eigenvalue weighted by Gasteiger charge is -2.18. The Morgan fingerprint density at radius 1 is 0.972 bits per heavy atom. The number of esters is 1. The summed E-state index contributed by atoms with van der Waals surface area (Å²) in [5.74, 6) is -0.702. The maximum atomic E-state index is 13.2. The Balaban J connectivity index is 1.82. The largest absolute Gasteiger partial charge is 0.497 e. The highest BCUT2D eigenvalue weighted by Crippen LogP contribution is 2.36. The van der Waals surface area contributed by atoms with Crippen LogP contribution in [0.1, 0.15) is 22.8 Å². The zero-order valence-electron chi connectivity index (χ0n) is 19.1. The summed E-state index contributed by atoms with van der Waals surface area (Å²) in [7, 11) is 2.96. The van der Waals surface area contributed by atoms with Gasteiger partial charge < -0.3 is 19.5 Å². The molecule has 6 nitrogen and oxygen atoms in total. The molecular formula is C26H21ClF3NO5. The van der Waals surface area contributed by atoms with E-state index in [2.05, 4.69) is 5.32 Å². The number of ether oxygens (including phenoxy) is 3. The predicted octanol–water partition coefficient (Wildman–Crippen LogP) is 6.31. The van der Waals surface area contributed by atoms with Crippen molar-refractivity contribution in [2.75, 3.05) is 19.5 Å². The first kappa shape index (κ1) is 26.6. The smallest absolute Gasteiger partial charge is 0.417 e. The highest BCUT2D eigenvalue weighted by molar-refractivity contribution is 6.31. The lowest BCUT2D eigenvalue weighted by molar-refractivity contribution is -0.149. The molecule has 3 aromatic carbocycles. The van der Waals surface area contributed by atoms with E-state index in [1.54, 1.807) is 48.5 Å². The van der Waals surface area contributed by atoms with E-state index in [0.29, 0.717) is 28.7 Å². The first-order valence-electron chi connectivity index (χ1n) is 10.5. The quantitative estimate of drug-likeness (QED) is 0.279. The van der Waals surface area contributed by atoms with Gasteiger partial charge in [-0.15, -0.1) is 0 Å². The van der Waals surface area contributed by atoms with E-state index in [1.807, 2.05) is 0 Å². The van der Waals surface area contributed by atoms with Gasteiger partial charge >= 0.3 is 12.1 Å². The highest BCUT2D eigenvalue weighted by atomic mass is 35.5. The Hall–Kier alpha value is -3.98. The van der Waals surface area contributed by atoms with Crippen molar-refractivity contribution >= 4 is 35.2 Å². The van der Waals surface area contributed by atoms with Gasteiger partial charge in [-0.2, -0.15) is 13.2 Å². The van der Waals surface area contributed by atoms with Gasteiger partial charge in [0.05, 0.1) is 24.8 Å². The van der Waals surface area contributed by atoms with Gasteiger partial charge in [0.2, 0.25) is 6.10 Å². The molecular weight excluding hydrogens is 499 g/mol. The number of amides is 1. The minimum atomic E-state index is -4.71. The number of anilines is 1. The average Bonchev–Trinajstić information content (AvgIpc) is 2.86. The van der Waals surface area contributed by atoms with Crippen molar-refractivity contribution in [3.05, 3.63) is 94.5 Å². The van der Waals surface area contributed by atoms with E-state index in [9.17, 15) is 22.8 Å². The molecule has 1 N–H and O–H groups in total. The lowest BCUT2D eigenvalue weighted by atomic mass is 10.1. The molecule has 0 saturated heterocycles. The van der Waals surface area contributed by atoms with Crippen LogP contribution >= 0.6 is 11.6 Å². The van der Waals surface area contributed by atoms with Crippen LogP contribution in [0.3, 0.4) is 0 Å². The van der Waals surface area contributed by atoms with Crippen molar-refractivity contribution in [3.63, 3.8) is 0 Å². The van der Waals surface area contributed by atoms with Crippen LogP contribution in [0, 0.1) is 0 Å². The molecule has 0 aromatic heterocycles. The number of benzene rings is 3. The second kappa shape index (κ2) is 11.6. The fraction of sp³-hybridized carbons (Fsp3) is 0.154. The monoisotopic (exact) mass is 519 g/mol. The topological polar surface area (TPSA) is 73.9 Å². The van der Waals surface area contributed by atoms with Crippen LogP contribution < -0.4 is 14.8 Å². The second-order valence-corrected chi connectivity index (χ2v) is 7.76. The van der Waals surface area contributed by atoms with E-state index in [0.717, 1.165) is 12.1 Å². The molecule has 1 amide bonds. The Morgan fingerprint density at radius 2 is 1.69 bits per heavy atom. The Labute approximate surface area is 210 Å². The zero-order chi connectivity index (χ0) is 26.3. The van der Waals surface area contributed by atoms with Crippen molar-refractivity contribution in [2.24, 2.45) is 0 Å². The summed E-state index contributed by atoms with van der Waals surface area (Å²) < 4.78 is 55.4. The minimum Gasteiger partial charge on any atom is -0.497 e. The van der Waals surface area contributed by atoms with Crippen molar-refractivity contribution in [1.82, 2.24) is 0 Å². The van der Waals surface area contributed by atoms with Crippen LogP contribution in [0.2, 0.25) is 5.02 Å². The predicted molar refractivity (Wildman–Crippen MR) is 129 cm³/mol. The van der Waals surface area contributed by atoms with Crippen LogP contribution in [0.15, 0.2) is 72.8 Å². The number of halogens is 4. The summed E-state index contributed by atoms with van der Waals surface area (Å²) in [5, 5.41) is 1.85. The molecule has 0 radical (unpaired) electrons. The van der Waals surface area contributed by atoms with Gasteiger partial charge in [0.1, 0.15) is 11.5 Å². The molecule has 1 unspecified atom stereocenters. The maximum absolute atomic E-state index is 13.2. The number of methoxy groups -OCH3 is 2. The maximum Gasteiger partial charge on any atom is 0.417 e. The van der Waals surface area contributed by atoms with Crippen molar-refractivity contribution < 1.29 is 37.0 Å². The highest BCUT2D eigenvalue weighted by Gasteiger charge is 2.34. The molecule has 0 bridgehead atoms. The Bertz CT molecular complexity index is 1260. The third-order valence-corrected chi connectivity index (χ3v) is 5.28. The van der Waals surface area contributed by atoms with Crippen LogP contribution in [0.5, 0.6) is 11.5 Å². The number of alkyl halides is 3. The van der Waals surface area contributed by atoms with E-state index >= 15 is 0 Å². The molecule has 10 heteroatoms. The van der Waals surface area contributed by atoms with Crippen LogP contribution in [-0.2, 0) is 20.5 Å². The first-order chi connectivity index (χ1) is 17.1. The Kier molecular flexibility index (Phi) is 8.60. The molecule has 0 fully saturated rings. The van der Waals surface area contributed by atoms with Gasteiger partial charge in [-0.1, -0.05) is 41.9 Å². The summed E-state index contributed by atoms with van der Waals surface area (Å²) >= 11 is 5.64. The molecule has 0 saturated carbocycles. The summed E-state index contributed by atoms with van der Waals surface area (Å²) in [6.45, 7) is 0. The third-order valence-electron chi connectivity index (χ3n) is 4.95. The number of carbonyl (C=O) groups is 2. The molecule has 0 aliphatic rings. The number of rotatable bonds is 8. The van der Waals surface area contributed by atoms with Gasteiger partial charge in [-0.3, -0.25) is 4.79 Å². The van der Waals surface area contributed by atoms with Crippen LogP contribution in [-0.4, -0.2) is 26.1 Å². The Morgan fingerprint density at radius 3 is 2.33 bits per heavy atom. The summed E-state index contributed by atoms with van der Waals surface area (Å²) in [6.07, 6.45) is -3.60. The molecule has 3 rings (SSSR count). The first-order valence-corrected chi connectivity index (χ1v) is 10.8. The normalized spacial score (nSPS) is 12.2. The zero-order valence-corrected chi connectivity index (χ0v) is 19.9. The number of carbonyl (C=O) groups excluding carboxylic acids is 2. The minimum absolute atomic E-state index is 0.160. The number of hydrogen-bond acceptors (Lipinski definition) is 5. The summed E-state index contributed by atoms with van der Waals surface area (Å²) in [4.78, 5) is 25.6. The van der Waals surface area contributed by atoms with Crippen LogP contribution in [0.25, 0.3) is 6.08 Å². The van der Waals surface area contributed by atoms with E-state index in [4.69, 9.17) is 25.8 Å². The third kappa shape index (κ3) is 6.79. The van der Waals surface area contributed by atoms with E-state index in [1.165, 1.54) is 26.4 Å². The lowest BCUT2D eigenvalue weighted by Crippen LogP contribution is -2.25. The number of hydrogen-bond donors (Lipinski definition) is 1. The standard InChI is InChI=1S/C26H21ClF3NO5/c1-34-19-11-8-16(22(15-19)35-2)9-13-23(32)36-24(17-6-4-3-5-7-17)25(33)31-18-10-12-21(27)20(14-18)26(28,29)30/h3-15,24H,1-2H3,(H,31,33)/b13-9+. The van der Waals surface area contributed by atoms with E-state index < -0.39 is 34.7 Å². The van der Waals surface area contributed by atoms with Crippen molar-refractivity contribution in [2.45, 2.75) is 12.3 Å². The van der Waals surface area contributed by atoms with Gasteiger partial charge in [0.25, 0.3) is 5.91 Å². The molecule has 1 atom stereocenters. The SMILES string of the molecule is COc1ccc(/C=C/C(=O)OC(C(=O)Nc2ccc(Cl)c(C(F)(F)F)c2)c2ccccc2)c(OC)c1. The fourth-order valence-corrected chi connectivity index (χ4v) is 3.42. The van der Waals surface area contributed by atoms with Gasteiger partial charge in [0, 0.05) is 29.0 Å². The molecule has 188 valence electrons. The molecule has 3 aromatic rings. The van der Waals surface area contributed by atoms with Crippen LogP contribution in [0.4, 0.5) is 18.9 Å². The van der Waals surface area contributed by atoms with Gasteiger partial charge in [0.15, 0.2) is 0 Å². The van der Waals surface area contributed by atoms with Gasteiger partial charge in [-0.25, -0.2) is 4.79 Å². The molecule has 0 aliphatic carbocycles. The molecule has 0 heterocycles. The van der Waals surface area contributed by atoms with Gasteiger partial charge in [-0.05, 0) is 36.4 Å². The number of nitrogens with one attached hydrogen (secondary N) is 1. The van der Waals surface area contributed by atoms with Crippen molar-refractivity contribution in [3.8, 4) is 11.5 Å². The molecule has 0 aliphatic heterocycles. The molecule has 0 spiro atoms. The average molecular weight is 520 g/mol. The summed E-state index contributed by atoms with van der Waals surface area (Å²) in [5.41, 5.74) is -0.389. The van der Waals surface area contributed by atoms with Crippen molar-refractivity contribution in [1.29, 1.82) is 0 Å².